The fraction of sp³-hybridized carbons (Fsp3) is 0.227. The molecule has 0 aliphatic carbocycles. The highest BCUT2D eigenvalue weighted by molar-refractivity contribution is 6.31. The van der Waals surface area contributed by atoms with Gasteiger partial charge in [0.05, 0.1) is 23.9 Å². The standard InChI is InChI=1S/C22H13ClF6N4O2/c23-12-3-4-16-14(6-12)20(19(35)31-16)7-17(34)32-18-15(20)8-30-33(18)9-10-1-2-11(21(24,25)26)5-13(10)22(27,28)29/h1-6,8H,7,9H2,(H,31,35)(H,32,34). The summed E-state index contributed by atoms with van der Waals surface area (Å²) in [6.45, 7) is -0.608. The Morgan fingerprint density at radius 2 is 1.71 bits per heavy atom. The lowest BCUT2D eigenvalue weighted by Gasteiger charge is -2.31. The van der Waals surface area contributed by atoms with Crippen LogP contribution < -0.4 is 10.6 Å². The van der Waals surface area contributed by atoms with Crippen molar-refractivity contribution in [3.63, 3.8) is 0 Å². The van der Waals surface area contributed by atoms with Gasteiger partial charge in [0.2, 0.25) is 11.8 Å². The molecule has 5 rings (SSSR count). The molecule has 182 valence electrons. The molecule has 1 unspecified atom stereocenters. The van der Waals surface area contributed by atoms with Gasteiger partial charge in [-0.25, -0.2) is 4.68 Å². The van der Waals surface area contributed by atoms with Crippen LogP contribution in [-0.4, -0.2) is 21.6 Å². The van der Waals surface area contributed by atoms with E-state index in [2.05, 4.69) is 15.7 Å². The number of hydrogen-bond acceptors (Lipinski definition) is 3. The summed E-state index contributed by atoms with van der Waals surface area (Å²) in [6.07, 6.45) is -9.08. The molecule has 0 radical (unpaired) electrons. The van der Waals surface area contributed by atoms with E-state index in [9.17, 15) is 35.9 Å². The molecule has 35 heavy (non-hydrogen) atoms. The average molecular weight is 515 g/mol. The first-order chi connectivity index (χ1) is 16.3. The van der Waals surface area contributed by atoms with Gasteiger partial charge in [-0.05, 0) is 41.5 Å². The highest BCUT2D eigenvalue weighted by Gasteiger charge is 2.54. The maximum Gasteiger partial charge on any atom is 0.416 e. The first-order valence-electron chi connectivity index (χ1n) is 10.1. The van der Waals surface area contributed by atoms with Crippen LogP contribution in [0.2, 0.25) is 5.02 Å². The number of benzene rings is 2. The second-order valence-corrected chi connectivity index (χ2v) is 8.64. The van der Waals surface area contributed by atoms with E-state index in [0.717, 1.165) is 10.7 Å². The van der Waals surface area contributed by atoms with Crippen molar-refractivity contribution in [2.24, 2.45) is 0 Å². The third-order valence-electron chi connectivity index (χ3n) is 6.12. The normalized spacial score (nSPS) is 19.4. The summed E-state index contributed by atoms with van der Waals surface area (Å²) in [5.74, 6) is -1.15. The van der Waals surface area contributed by atoms with Gasteiger partial charge < -0.3 is 10.6 Å². The molecule has 0 fully saturated rings. The van der Waals surface area contributed by atoms with E-state index in [1.54, 1.807) is 12.1 Å². The molecule has 6 nitrogen and oxygen atoms in total. The van der Waals surface area contributed by atoms with Crippen LogP contribution in [0.5, 0.6) is 0 Å². The zero-order valence-corrected chi connectivity index (χ0v) is 18.1. The molecular weight excluding hydrogens is 502 g/mol. The Morgan fingerprint density at radius 1 is 0.971 bits per heavy atom. The zero-order valence-electron chi connectivity index (χ0n) is 17.3. The number of nitrogens with zero attached hydrogens (tertiary/aromatic N) is 2. The number of hydrogen-bond donors (Lipinski definition) is 2. The van der Waals surface area contributed by atoms with Crippen LogP contribution in [0, 0.1) is 0 Å². The third-order valence-corrected chi connectivity index (χ3v) is 6.36. The SMILES string of the molecule is O=C1CC2(C(=O)Nc3ccc(Cl)cc32)c2cnn(Cc3ccc(C(F)(F)F)cc3C(F)(F)F)c2N1. The highest BCUT2D eigenvalue weighted by Crippen LogP contribution is 2.50. The van der Waals surface area contributed by atoms with Gasteiger partial charge in [0.1, 0.15) is 11.2 Å². The number of rotatable bonds is 2. The molecule has 2 N–H and O–H groups in total. The third kappa shape index (κ3) is 3.63. The number of anilines is 2. The van der Waals surface area contributed by atoms with Crippen LogP contribution in [-0.2, 0) is 33.9 Å². The van der Waals surface area contributed by atoms with E-state index in [1.807, 2.05) is 0 Å². The van der Waals surface area contributed by atoms with Crippen molar-refractivity contribution in [3.05, 3.63) is 75.4 Å². The molecule has 2 aliphatic heterocycles. The monoisotopic (exact) mass is 514 g/mol. The fourth-order valence-corrected chi connectivity index (χ4v) is 4.72. The van der Waals surface area contributed by atoms with Crippen molar-refractivity contribution in [3.8, 4) is 0 Å². The summed E-state index contributed by atoms with van der Waals surface area (Å²) >= 11 is 6.11. The smallest absolute Gasteiger partial charge is 0.325 e. The van der Waals surface area contributed by atoms with Crippen molar-refractivity contribution < 1.29 is 35.9 Å². The van der Waals surface area contributed by atoms with Crippen molar-refractivity contribution >= 4 is 34.9 Å². The van der Waals surface area contributed by atoms with Crippen LogP contribution in [0.1, 0.15) is 34.2 Å². The topological polar surface area (TPSA) is 76.0 Å². The maximum atomic E-state index is 13.6. The number of fused-ring (bicyclic) bond motifs is 4. The summed E-state index contributed by atoms with van der Waals surface area (Å²) in [6, 6.07) is 5.94. The Hall–Kier alpha value is -3.54. The molecule has 0 saturated heterocycles. The second kappa shape index (κ2) is 7.48. The van der Waals surface area contributed by atoms with E-state index >= 15 is 0 Å². The van der Waals surface area contributed by atoms with Crippen LogP contribution >= 0.6 is 11.6 Å². The molecule has 2 amide bonds. The molecule has 1 atom stereocenters. The largest absolute Gasteiger partial charge is 0.416 e. The Labute approximate surface area is 197 Å². The van der Waals surface area contributed by atoms with E-state index < -0.39 is 52.8 Å². The number of alkyl halides is 6. The first-order valence-corrected chi connectivity index (χ1v) is 10.4. The molecule has 0 saturated carbocycles. The molecule has 1 spiro atoms. The Morgan fingerprint density at radius 3 is 2.40 bits per heavy atom. The summed E-state index contributed by atoms with van der Waals surface area (Å²) in [4.78, 5) is 25.7. The predicted octanol–water partition coefficient (Wildman–Crippen LogP) is 5.20. The molecule has 13 heteroatoms. The van der Waals surface area contributed by atoms with Gasteiger partial charge in [-0.15, -0.1) is 0 Å². The van der Waals surface area contributed by atoms with Crippen molar-refractivity contribution in [1.82, 2.24) is 9.78 Å². The Balaban J connectivity index is 1.63. The van der Waals surface area contributed by atoms with E-state index in [0.29, 0.717) is 22.3 Å². The van der Waals surface area contributed by atoms with Gasteiger partial charge in [0.15, 0.2) is 0 Å². The van der Waals surface area contributed by atoms with Crippen LogP contribution in [0.3, 0.4) is 0 Å². The van der Waals surface area contributed by atoms with E-state index in [1.165, 1.54) is 12.3 Å². The average Bonchev–Trinajstić information content (AvgIpc) is 3.26. The molecule has 2 aliphatic rings. The Bertz CT molecular complexity index is 1400. The summed E-state index contributed by atoms with van der Waals surface area (Å²) in [7, 11) is 0. The zero-order chi connectivity index (χ0) is 25.3. The summed E-state index contributed by atoms with van der Waals surface area (Å²) in [5.41, 5.74) is -3.86. The van der Waals surface area contributed by atoms with Crippen LogP contribution in [0.15, 0.2) is 42.6 Å². The summed E-state index contributed by atoms with van der Waals surface area (Å²) < 4.78 is 80.9. The van der Waals surface area contributed by atoms with Gasteiger partial charge >= 0.3 is 12.4 Å². The predicted molar refractivity (Wildman–Crippen MR) is 112 cm³/mol. The lowest BCUT2D eigenvalue weighted by Crippen LogP contribution is -2.43. The van der Waals surface area contributed by atoms with E-state index in [4.69, 9.17) is 11.6 Å². The second-order valence-electron chi connectivity index (χ2n) is 8.21. The maximum absolute atomic E-state index is 13.6. The van der Waals surface area contributed by atoms with Gasteiger partial charge in [0, 0.05) is 22.7 Å². The lowest BCUT2D eigenvalue weighted by atomic mass is 9.72. The molecule has 0 bridgehead atoms. The molecule has 3 aromatic rings. The van der Waals surface area contributed by atoms with Crippen LogP contribution in [0.4, 0.5) is 37.8 Å². The first kappa shape index (κ1) is 23.2. The Kier molecular flexibility index (Phi) is 4.96. The molecule has 1 aromatic heterocycles. The van der Waals surface area contributed by atoms with Gasteiger partial charge in [-0.1, -0.05) is 17.7 Å². The molecule has 2 aromatic carbocycles. The highest BCUT2D eigenvalue weighted by atomic mass is 35.5. The number of carbonyl (C=O) groups excluding carboxylic acids is 2. The number of amides is 2. The lowest BCUT2D eigenvalue weighted by molar-refractivity contribution is -0.143. The van der Waals surface area contributed by atoms with Crippen molar-refractivity contribution in [2.45, 2.75) is 30.7 Å². The van der Waals surface area contributed by atoms with Crippen molar-refractivity contribution in [2.75, 3.05) is 10.6 Å². The minimum Gasteiger partial charge on any atom is -0.325 e. The van der Waals surface area contributed by atoms with Gasteiger partial charge in [-0.3, -0.25) is 9.59 Å². The van der Waals surface area contributed by atoms with Gasteiger partial charge in [-0.2, -0.15) is 31.4 Å². The number of halogens is 7. The summed E-state index contributed by atoms with van der Waals surface area (Å²) in [5, 5.41) is 9.59. The number of nitrogens with one attached hydrogen (secondary N) is 2. The fourth-order valence-electron chi connectivity index (χ4n) is 4.55. The molecule has 3 heterocycles. The minimum atomic E-state index is -5.07. The number of aromatic nitrogens is 2. The van der Waals surface area contributed by atoms with Crippen LogP contribution in [0.25, 0.3) is 0 Å². The van der Waals surface area contributed by atoms with Gasteiger partial charge in [0.25, 0.3) is 0 Å². The van der Waals surface area contributed by atoms with E-state index in [-0.39, 0.29) is 23.9 Å². The quantitative estimate of drug-likeness (QED) is 0.461. The minimum absolute atomic E-state index is 0.0303. The van der Waals surface area contributed by atoms with Crippen molar-refractivity contribution in [1.29, 1.82) is 0 Å². The number of carbonyl (C=O) groups is 2. The molecular formula is C22H13ClF6N4O2.